The number of rotatable bonds is 6. The number of pyridine rings is 1. The minimum atomic E-state index is 0.181. The van der Waals surface area contributed by atoms with Gasteiger partial charge in [-0.1, -0.05) is 18.2 Å². The van der Waals surface area contributed by atoms with Gasteiger partial charge < -0.3 is 9.64 Å². The molecule has 0 atom stereocenters. The zero-order valence-corrected chi connectivity index (χ0v) is 17.2. The highest BCUT2D eigenvalue weighted by atomic mass is 32.1. The summed E-state index contributed by atoms with van der Waals surface area (Å²) in [4.78, 5) is 14.1. The SMILES string of the molecule is CC(C)Oc1ccccc1N1CCN(Cc2csc(-c3ccccn3)n2)CC1. The van der Waals surface area contributed by atoms with E-state index in [-0.39, 0.29) is 6.10 Å². The van der Waals surface area contributed by atoms with Crippen LogP contribution in [-0.4, -0.2) is 47.2 Å². The van der Waals surface area contributed by atoms with Crippen LogP contribution in [0.1, 0.15) is 19.5 Å². The van der Waals surface area contributed by atoms with Gasteiger partial charge in [0.25, 0.3) is 0 Å². The van der Waals surface area contributed by atoms with E-state index in [2.05, 4.69) is 52.2 Å². The molecule has 0 unspecified atom stereocenters. The normalized spacial score (nSPS) is 15.2. The lowest BCUT2D eigenvalue weighted by molar-refractivity contribution is 0.234. The van der Waals surface area contributed by atoms with Crippen molar-refractivity contribution in [2.45, 2.75) is 26.5 Å². The third kappa shape index (κ3) is 4.51. The third-order valence-corrected chi connectivity index (χ3v) is 5.68. The van der Waals surface area contributed by atoms with Crippen molar-refractivity contribution in [2.24, 2.45) is 0 Å². The molecule has 0 bridgehead atoms. The van der Waals surface area contributed by atoms with Gasteiger partial charge in [-0.15, -0.1) is 11.3 Å². The maximum atomic E-state index is 6.00. The Morgan fingerprint density at radius 2 is 1.82 bits per heavy atom. The summed E-state index contributed by atoms with van der Waals surface area (Å²) in [6.07, 6.45) is 2.00. The summed E-state index contributed by atoms with van der Waals surface area (Å²) in [6.45, 7) is 9.06. The number of hydrogen-bond acceptors (Lipinski definition) is 6. The first-order chi connectivity index (χ1) is 13.7. The molecule has 3 aromatic rings. The van der Waals surface area contributed by atoms with Gasteiger partial charge in [0.05, 0.1) is 23.2 Å². The monoisotopic (exact) mass is 394 g/mol. The Kier molecular flexibility index (Phi) is 5.88. The number of anilines is 1. The summed E-state index contributed by atoms with van der Waals surface area (Å²) in [6, 6.07) is 14.3. The maximum Gasteiger partial charge on any atom is 0.142 e. The lowest BCUT2D eigenvalue weighted by Crippen LogP contribution is -2.46. The Balaban J connectivity index is 1.36. The fraction of sp³-hybridized carbons (Fsp3) is 0.364. The van der Waals surface area contributed by atoms with Crippen LogP contribution in [0.2, 0.25) is 0 Å². The molecule has 28 heavy (non-hydrogen) atoms. The number of hydrogen-bond donors (Lipinski definition) is 0. The standard InChI is InChI=1S/C22H26N4OS/c1-17(2)27-21-9-4-3-8-20(21)26-13-11-25(12-14-26)15-18-16-28-22(24-18)19-7-5-6-10-23-19/h3-10,16-17H,11-15H2,1-2H3. The van der Waals surface area contributed by atoms with E-state index in [9.17, 15) is 0 Å². The lowest BCUT2D eigenvalue weighted by Gasteiger charge is -2.36. The van der Waals surface area contributed by atoms with Crippen molar-refractivity contribution in [3.05, 3.63) is 59.7 Å². The van der Waals surface area contributed by atoms with Gasteiger partial charge in [0, 0.05) is 44.3 Å². The van der Waals surface area contributed by atoms with Gasteiger partial charge in [-0.2, -0.15) is 0 Å². The molecule has 146 valence electrons. The molecule has 1 aliphatic heterocycles. The lowest BCUT2D eigenvalue weighted by atomic mass is 10.2. The van der Waals surface area contributed by atoms with E-state index in [1.165, 1.54) is 5.69 Å². The Hall–Kier alpha value is -2.44. The molecule has 1 saturated heterocycles. The number of benzene rings is 1. The third-order valence-electron chi connectivity index (χ3n) is 4.76. The molecule has 4 rings (SSSR count). The van der Waals surface area contributed by atoms with Gasteiger partial charge in [0.2, 0.25) is 0 Å². The van der Waals surface area contributed by atoms with Crippen LogP contribution in [0.3, 0.4) is 0 Å². The van der Waals surface area contributed by atoms with E-state index in [0.717, 1.165) is 54.9 Å². The van der Waals surface area contributed by atoms with E-state index < -0.39 is 0 Å². The first-order valence-corrected chi connectivity index (χ1v) is 10.7. The molecule has 1 aromatic carbocycles. The zero-order chi connectivity index (χ0) is 19.3. The molecule has 0 saturated carbocycles. The molecule has 3 heterocycles. The van der Waals surface area contributed by atoms with Gasteiger partial charge in [-0.05, 0) is 38.1 Å². The summed E-state index contributed by atoms with van der Waals surface area (Å²) in [7, 11) is 0. The molecule has 0 N–H and O–H groups in total. The highest BCUT2D eigenvalue weighted by Gasteiger charge is 2.21. The van der Waals surface area contributed by atoms with E-state index in [4.69, 9.17) is 9.72 Å². The smallest absolute Gasteiger partial charge is 0.142 e. The first-order valence-electron chi connectivity index (χ1n) is 9.78. The average Bonchev–Trinajstić information content (AvgIpc) is 3.18. The Bertz CT molecular complexity index is 888. The molecule has 2 aromatic heterocycles. The molecular weight excluding hydrogens is 368 g/mol. The molecule has 5 nitrogen and oxygen atoms in total. The van der Waals surface area contributed by atoms with E-state index in [0.29, 0.717) is 0 Å². The van der Waals surface area contributed by atoms with Crippen molar-refractivity contribution in [1.29, 1.82) is 0 Å². The quantitative estimate of drug-likeness (QED) is 0.623. The minimum absolute atomic E-state index is 0.181. The van der Waals surface area contributed by atoms with Crippen molar-refractivity contribution in [2.75, 3.05) is 31.1 Å². The van der Waals surface area contributed by atoms with Crippen LogP contribution in [0.5, 0.6) is 5.75 Å². The number of piperazine rings is 1. The summed E-state index contributed by atoms with van der Waals surface area (Å²) < 4.78 is 6.00. The predicted molar refractivity (Wildman–Crippen MR) is 115 cm³/mol. The highest BCUT2D eigenvalue weighted by molar-refractivity contribution is 7.13. The van der Waals surface area contributed by atoms with Gasteiger partial charge in [0.1, 0.15) is 10.8 Å². The Morgan fingerprint density at radius 3 is 2.57 bits per heavy atom. The summed E-state index contributed by atoms with van der Waals surface area (Å²) in [5.41, 5.74) is 3.27. The zero-order valence-electron chi connectivity index (χ0n) is 16.4. The van der Waals surface area contributed by atoms with Crippen molar-refractivity contribution in [3.8, 4) is 16.5 Å². The van der Waals surface area contributed by atoms with E-state index >= 15 is 0 Å². The molecule has 0 aliphatic carbocycles. The molecule has 1 fully saturated rings. The predicted octanol–water partition coefficient (Wildman–Crippen LogP) is 4.31. The van der Waals surface area contributed by atoms with Crippen molar-refractivity contribution >= 4 is 17.0 Å². The molecule has 0 spiro atoms. The average molecular weight is 395 g/mol. The fourth-order valence-electron chi connectivity index (χ4n) is 3.43. The van der Waals surface area contributed by atoms with Gasteiger partial charge in [-0.3, -0.25) is 9.88 Å². The van der Waals surface area contributed by atoms with Crippen molar-refractivity contribution in [1.82, 2.24) is 14.9 Å². The van der Waals surface area contributed by atoms with Crippen molar-refractivity contribution in [3.63, 3.8) is 0 Å². The minimum Gasteiger partial charge on any atom is -0.489 e. The number of thiazole rings is 1. The van der Waals surface area contributed by atoms with Gasteiger partial charge in [-0.25, -0.2) is 4.98 Å². The topological polar surface area (TPSA) is 41.5 Å². The van der Waals surface area contributed by atoms with Gasteiger partial charge in [0.15, 0.2) is 0 Å². The number of nitrogens with zero attached hydrogens (tertiary/aromatic N) is 4. The summed E-state index contributed by atoms with van der Waals surface area (Å²) in [5.74, 6) is 0.977. The Labute approximate surface area is 170 Å². The number of para-hydroxylation sites is 2. The number of ether oxygens (including phenoxy) is 1. The van der Waals surface area contributed by atoms with Gasteiger partial charge >= 0.3 is 0 Å². The second-order valence-corrected chi connectivity index (χ2v) is 8.11. The molecule has 1 aliphatic rings. The van der Waals surface area contributed by atoms with Crippen LogP contribution >= 0.6 is 11.3 Å². The molecule has 0 radical (unpaired) electrons. The first kappa shape index (κ1) is 18.9. The summed E-state index contributed by atoms with van der Waals surface area (Å²) >= 11 is 1.67. The maximum absolute atomic E-state index is 6.00. The number of aromatic nitrogens is 2. The molecular formula is C22H26N4OS. The molecule has 0 amide bonds. The van der Waals surface area contributed by atoms with E-state index in [1.807, 2.05) is 30.5 Å². The molecule has 6 heteroatoms. The second-order valence-electron chi connectivity index (χ2n) is 7.26. The fourth-order valence-corrected chi connectivity index (χ4v) is 4.22. The largest absolute Gasteiger partial charge is 0.489 e. The Morgan fingerprint density at radius 1 is 1.04 bits per heavy atom. The van der Waals surface area contributed by atoms with Crippen LogP contribution in [0.25, 0.3) is 10.7 Å². The van der Waals surface area contributed by atoms with E-state index in [1.54, 1.807) is 11.3 Å². The van der Waals surface area contributed by atoms with Crippen LogP contribution < -0.4 is 9.64 Å². The van der Waals surface area contributed by atoms with Crippen LogP contribution in [0.4, 0.5) is 5.69 Å². The van der Waals surface area contributed by atoms with Crippen LogP contribution in [0.15, 0.2) is 54.0 Å². The van der Waals surface area contributed by atoms with Crippen LogP contribution in [-0.2, 0) is 6.54 Å². The van der Waals surface area contributed by atoms with Crippen LogP contribution in [0, 0.1) is 0 Å². The highest BCUT2D eigenvalue weighted by Crippen LogP contribution is 2.30. The summed E-state index contributed by atoms with van der Waals surface area (Å²) in [5, 5.41) is 3.15. The van der Waals surface area contributed by atoms with Crippen molar-refractivity contribution < 1.29 is 4.74 Å². The second kappa shape index (κ2) is 8.71.